The Bertz CT molecular complexity index is 352. The first kappa shape index (κ1) is 17.7. The summed E-state index contributed by atoms with van der Waals surface area (Å²) in [4.78, 5) is 10.8. The molecular formula is C17H28O2. The van der Waals surface area contributed by atoms with Gasteiger partial charge < -0.3 is 4.74 Å². The van der Waals surface area contributed by atoms with Gasteiger partial charge in [-0.1, -0.05) is 46.8 Å². The zero-order chi connectivity index (χ0) is 14.8. The molecule has 0 radical (unpaired) electrons. The molecule has 19 heavy (non-hydrogen) atoms. The van der Waals surface area contributed by atoms with Crippen LogP contribution in [0.3, 0.4) is 0 Å². The average molecular weight is 264 g/mol. The molecule has 0 saturated heterocycles. The number of esters is 1. The Morgan fingerprint density at radius 2 is 1.68 bits per heavy atom. The van der Waals surface area contributed by atoms with Crippen molar-refractivity contribution in [3.05, 3.63) is 29.8 Å². The number of benzene rings is 1. The fourth-order valence-electron chi connectivity index (χ4n) is 2.08. The van der Waals surface area contributed by atoms with Gasteiger partial charge in [0.25, 0.3) is 0 Å². The topological polar surface area (TPSA) is 26.3 Å². The third-order valence-electron chi connectivity index (χ3n) is 2.86. The van der Waals surface area contributed by atoms with Crippen LogP contribution in [-0.4, -0.2) is 5.97 Å². The number of ether oxygens (including phenoxy) is 1. The third kappa shape index (κ3) is 7.00. The standard InChI is InChI=1S/C15H22O2.C2H6/c1-5-13(10-11(2)3)14-6-8-15(9-7-14)17-12(4)16;1-2/h6-9,11,13H,5,10H2,1-4H3;1-2H3. The number of hydrogen-bond acceptors (Lipinski definition) is 2. The highest BCUT2D eigenvalue weighted by molar-refractivity contribution is 5.69. The van der Waals surface area contributed by atoms with Crippen molar-refractivity contribution in [3.63, 3.8) is 0 Å². The van der Waals surface area contributed by atoms with E-state index in [9.17, 15) is 4.79 Å². The molecule has 108 valence electrons. The van der Waals surface area contributed by atoms with Gasteiger partial charge in [-0.2, -0.15) is 0 Å². The zero-order valence-electron chi connectivity index (χ0n) is 13.2. The van der Waals surface area contributed by atoms with E-state index in [4.69, 9.17) is 4.74 Å². The van der Waals surface area contributed by atoms with Crippen molar-refractivity contribution in [1.29, 1.82) is 0 Å². The number of carbonyl (C=O) groups excluding carboxylic acids is 1. The molecule has 2 nitrogen and oxygen atoms in total. The van der Waals surface area contributed by atoms with Gasteiger partial charge in [0.15, 0.2) is 0 Å². The van der Waals surface area contributed by atoms with E-state index in [-0.39, 0.29) is 5.97 Å². The molecule has 1 unspecified atom stereocenters. The molecule has 1 aromatic carbocycles. The van der Waals surface area contributed by atoms with Crippen LogP contribution in [0.15, 0.2) is 24.3 Å². The molecule has 0 spiro atoms. The van der Waals surface area contributed by atoms with Crippen molar-refractivity contribution in [1.82, 2.24) is 0 Å². The Hall–Kier alpha value is -1.31. The summed E-state index contributed by atoms with van der Waals surface area (Å²) in [6.07, 6.45) is 2.34. The van der Waals surface area contributed by atoms with Crippen LogP contribution in [0.25, 0.3) is 0 Å². The molecule has 1 atom stereocenters. The van der Waals surface area contributed by atoms with Gasteiger partial charge in [0.05, 0.1) is 0 Å². The summed E-state index contributed by atoms with van der Waals surface area (Å²) < 4.78 is 5.02. The third-order valence-corrected chi connectivity index (χ3v) is 2.86. The van der Waals surface area contributed by atoms with E-state index in [1.165, 1.54) is 18.9 Å². The van der Waals surface area contributed by atoms with Crippen LogP contribution in [-0.2, 0) is 4.79 Å². The van der Waals surface area contributed by atoms with Crippen LogP contribution in [0.2, 0.25) is 0 Å². The van der Waals surface area contributed by atoms with E-state index in [1.54, 1.807) is 0 Å². The Labute approximate surface area is 118 Å². The van der Waals surface area contributed by atoms with Gasteiger partial charge in [-0.25, -0.2) is 0 Å². The van der Waals surface area contributed by atoms with Crippen LogP contribution < -0.4 is 4.74 Å². The van der Waals surface area contributed by atoms with Gasteiger partial charge in [0.2, 0.25) is 0 Å². The molecule has 0 fully saturated rings. The van der Waals surface area contributed by atoms with Gasteiger partial charge in [-0.05, 0) is 42.4 Å². The molecule has 1 aromatic rings. The predicted molar refractivity (Wildman–Crippen MR) is 81.6 cm³/mol. The molecule has 0 saturated carbocycles. The maximum atomic E-state index is 10.8. The van der Waals surface area contributed by atoms with Gasteiger partial charge in [0.1, 0.15) is 5.75 Å². The summed E-state index contributed by atoms with van der Waals surface area (Å²) in [5, 5.41) is 0. The van der Waals surface area contributed by atoms with Gasteiger partial charge in [-0.15, -0.1) is 0 Å². The molecular weight excluding hydrogens is 236 g/mol. The first-order valence-corrected chi connectivity index (χ1v) is 7.31. The fourth-order valence-corrected chi connectivity index (χ4v) is 2.08. The van der Waals surface area contributed by atoms with Crippen LogP contribution in [0.1, 0.15) is 65.9 Å². The molecule has 0 aromatic heterocycles. The van der Waals surface area contributed by atoms with Crippen molar-refractivity contribution in [2.24, 2.45) is 5.92 Å². The maximum absolute atomic E-state index is 10.8. The highest BCUT2D eigenvalue weighted by Gasteiger charge is 2.11. The molecule has 0 amide bonds. The Morgan fingerprint density at radius 3 is 2.05 bits per heavy atom. The van der Waals surface area contributed by atoms with E-state index in [0.29, 0.717) is 17.6 Å². The van der Waals surface area contributed by atoms with Crippen LogP contribution >= 0.6 is 0 Å². The lowest BCUT2D eigenvalue weighted by molar-refractivity contribution is -0.131. The first-order valence-electron chi connectivity index (χ1n) is 7.31. The lowest BCUT2D eigenvalue weighted by Crippen LogP contribution is -2.03. The highest BCUT2D eigenvalue weighted by atomic mass is 16.5. The molecule has 0 aliphatic heterocycles. The van der Waals surface area contributed by atoms with Crippen molar-refractivity contribution < 1.29 is 9.53 Å². The molecule has 0 aliphatic rings. The van der Waals surface area contributed by atoms with Crippen LogP contribution in [0.5, 0.6) is 5.75 Å². The molecule has 1 rings (SSSR count). The van der Waals surface area contributed by atoms with Crippen molar-refractivity contribution in [3.8, 4) is 5.75 Å². The summed E-state index contributed by atoms with van der Waals surface area (Å²) in [7, 11) is 0. The number of hydrogen-bond donors (Lipinski definition) is 0. The van der Waals surface area contributed by atoms with Gasteiger partial charge in [-0.3, -0.25) is 4.79 Å². The fraction of sp³-hybridized carbons (Fsp3) is 0.588. The van der Waals surface area contributed by atoms with Crippen LogP contribution in [0, 0.1) is 5.92 Å². The summed E-state index contributed by atoms with van der Waals surface area (Å²) in [6.45, 7) is 12.1. The minimum absolute atomic E-state index is 0.271. The van der Waals surface area contributed by atoms with E-state index >= 15 is 0 Å². The maximum Gasteiger partial charge on any atom is 0.308 e. The second kappa shape index (κ2) is 9.60. The normalized spacial score (nSPS) is 11.5. The first-order chi connectivity index (χ1) is 9.02. The SMILES string of the molecule is CC.CCC(CC(C)C)c1ccc(OC(C)=O)cc1. The lowest BCUT2D eigenvalue weighted by Gasteiger charge is -2.17. The van der Waals surface area contributed by atoms with Gasteiger partial charge in [0, 0.05) is 6.92 Å². The summed E-state index contributed by atoms with van der Waals surface area (Å²) in [5.41, 5.74) is 1.33. The van der Waals surface area contributed by atoms with E-state index in [1.807, 2.05) is 26.0 Å². The van der Waals surface area contributed by atoms with Crippen molar-refractivity contribution >= 4 is 5.97 Å². The summed E-state index contributed by atoms with van der Waals surface area (Å²) in [6, 6.07) is 7.88. The second-order valence-electron chi connectivity index (χ2n) is 4.90. The molecule has 0 N–H and O–H groups in total. The Kier molecular flexibility index (Phi) is 8.94. The monoisotopic (exact) mass is 264 g/mol. The van der Waals surface area contributed by atoms with E-state index in [0.717, 1.165) is 6.42 Å². The van der Waals surface area contributed by atoms with Gasteiger partial charge >= 0.3 is 5.97 Å². The minimum atomic E-state index is -0.271. The predicted octanol–water partition coefficient (Wildman–Crippen LogP) is 5.18. The quantitative estimate of drug-likeness (QED) is 0.541. The Balaban J connectivity index is 0.00000154. The van der Waals surface area contributed by atoms with Crippen molar-refractivity contribution in [2.75, 3.05) is 0 Å². The minimum Gasteiger partial charge on any atom is -0.427 e. The molecule has 0 aliphatic carbocycles. The second-order valence-corrected chi connectivity index (χ2v) is 4.90. The smallest absolute Gasteiger partial charge is 0.308 e. The highest BCUT2D eigenvalue weighted by Crippen LogP contribution is 2.28. The van der Waals surface area contributed by atoms with Crippen molar-refractivity contribution in [2.45, 2.75) is 60.3 Å². The zero-order valence-corrected chi connectivity index (χ0v) is 13.2. The van der Waals surface area contributed by atoms with E-state index in [2.05, 4.69) is 32.9 Å². The largest absolute Gasteiger partial charge is 0.427 e. The number of carbonyl (C=O) groups is 1. The summed E-state index contributed by atoms with van der Waals surface area (Å²) in [5.74, 6) is 1.65. The number of rotatable bonds is 5. The van der Waals surface area contributed by atoms with E-state index < -0.39 is 0 Å². The molecule has 2 heteroatoms. The van der Waals surface area contributed by atoms with Crippen LogP contribution in [0.4, 0.5) is 0 Å². The Morgan fingerprint density at radius 1 is 1.16 bits per heavy atom. The summed E-state index contributed by atoms with van der Waals surface area (Å²) >= 11 is 0. The molecule has 0 heterocycles. The average Bonchev–Trinajstić information content (AvgIpc) is 2.38. The lowest BCUT2D eigenvalue weighted by atomic mass is 9.88. The molecule has 0 bridgehead atoms.